The predicted molar refractivity (Wildman–Crippen MR) is 67.4 cm³/mol. The molecule has 0 spiro atoms. The smallest absolute Gasteiger partial charge is 0.329 e. The summed E-state index contributed by atoms with van der Waals surface area (Å²) in [7, 11) is 0. The molecule has 1 aromatic rings. The fourth-order valence-corrected chi connectivity index (χ4v) is 2.32. The van der Waals surface area contributed by atoms with Crippen LogP contribution in [0.5, 0.6) is 0 Å². The minimum absolute atomic E-state index is 0.335. The van der Waals surface area contributed by atoms with Crippen molar-refractivity contribution in [3.8, 4) is 0 Å². The quantitative estimate of drug-likeness (QED) is 0.758. The van der Waals surface area contributed by atoms with Gasteiger partial charge in [0.05, 0.1) is 6.20 Å². The molecule has 1 fully saturated rings. The van der Waals surface area contributed by atoms with Crippen LogP contribution in [0.4, 0.5) is 4.79 Å². The van der Waals surface area contributed by atoms with Crippen molar-refractivity contribution in [3.05, 3.63) is 18.0 Å². The maximum Gasteiger partial charge on any atom is 0.329 e. The number of hydrogen-bond donors (Lipinski definition) is 3. The maximum absolute atomic E-state index is 12.1. The van der Waals surface area contributed by atoms with Crippen LogP contribution in [-0.4, -0.2) is 44.3 Å². The van der Waals surface area contributed by atoms with Crippen LogP contribution in [0.15, 0.2) is 12.4 Å². The van der Waals surface area contributed by atoms with E-state index in [1.165, 1.54) is 4.90 Å². The molecule has 1 unspecified atom stereocenters. The minimum atomic E-state index is -1.11. The molecular weight excluding hydrogens is 248 g/mol. The van der Waals surface area contributed by atoms with E-state index in [-0.39, 0.29) is 6.03 Å². The van der Waals surface area contributed by atoms with Gasteiger partial charge in [-0.1, -0.05) is 0 Å². The lowest BCUT2D eigenvalue weighted by Gasteiger charge is -2.41. The summed E-state index contributed by atoms with van der Waals surface area (Å²) >= 11 is 0. The second-order valence-corrected chi connectivity index (χ2v) is 4.95. The van der Waals surface area contributed by atoms with E-state index in [0.717, 1.165) is 18.4 Å². The van der Waals surface area contributed by atoms with Crippen molar-refractivity contribution < 1.29 is 14.7 Å². The summed E-state index contributed by atoms with van der Waals surface area (Å²) in [5.41, 5.74) is -0.263. The van der Waals surface area contributed by atoms with E-state index in [9.17, 15) is 14.7 Å². The van der Waals surface area contributed by atoms with Crippen LogP contribution in [0, 0.1) is 0 Å². The van der Waals surface area contributed by atoms with Gasteiger partial charge in [0.2, 0.25) is 0 Å². The number of carbonyl (C=O) groups is 2. The Morgan fingerprint density at radius 1 is 1.58 bits per heavy atom. The third-order valence-corrected chi connectivity index (χ3v) is 3.60. The first-order valence-electron chi connectivity index (χ1n) is 6.30. The second kappa shape index (κ2) is 5.29. The Bertz CT molecular complexity index is 460. The molecule has 0 radical (unpaired) electrons. The number of aromatic amines is 1. The first-order chi connectivity index (χ1) is 9.04. The Kier molecular flexibility index (Phi) is 3.73. The molecule has 0 saturated carbocycles. The SMILES string of the molecule is CC1(C(=O)O)CCCCN1C(=O)NCc1cn[nH]c1. The summed E-state index contributed by atoms with van der Waals surface area (Å²) in [5, 5.41) is 18.5. The van der Waals surface area contributed by atoms with Gasteiger partial charge in [-0.25, -0.2) is 9.59 Å². The molecule has 2 heterocycles. The van der Waals surface area contributed by atoms with Gasteiger partial charge in [-0.2, -0.15) is 5.10 Å². The van der Waals surface area contributed by atoms with Crippen molar-refractivity contribution in [3.63, 3.8) is 0 Å². The third-order valence-electron chi connectivity index (χ3n) is 3.60. The largest absolute Gasteiger partial charge is 0.480 e. The molecule has 1 aliphatic heterocycles. The van der Waals surface area contributed by atoms with Crippen molar-refractivity contribution in [2.45, 2.75) is 38.3 Å². The molecule has 1 aliphatic rings. The zero-order valence-electron chi connectivity index (χ0n) is 10.8. The normalized spacial score (nSPS) is 23.1. The van der Waals surface area contributed by atoms with Crippen LogP contribution in [0.1, 0.15) is 31.7 Å². The number of aromatic nitrogens is 2. The van der Waals surface area contributed by atoms with Gasteiger partial charge in [-0.15, -0.1) is 0 Å². The molecule has 2 rings (SSSR count). The number of amides is 2. The first-order valence-corrected chi connectivity index (χ1v) is 6.30. The fourth-order valence-electron chi connectivity index (χ4n) is 2.32. The van der Waals surface area contributed by atoms with Gasteiger partial charge in [0.25, 0.3) is 0 Å². The second-order valence-electron chi connectivity index (χ2n) is 4.95. The molecule has 104 valence electrons. The van der Waals surface area contributed by atoms with Gasteiger partial charge in [0.15, 0.2) is 0 Å². The molecule has 0 aliphatic carbocycles. The van der Waals surface area contributed by atoms with E-state index >= 15 is 0 Å². The number of likely N-dealkylation sites (tertiary alicyclic amines) is 1. The van der Waals surface area contributed by atoms with E-state index < -0.39 is 11.5 Å². The van der Waals surface area contributed by atoms with E-state index in [4.69, 9.17) is 0 Å². The number of aliphatic carboxylic acids is 1. The highest BCUT2D eigenvalue weighted by Crippen LogP contribution is 2.28. The summed E-state index contributed by atoms with van der Waals surface area (Å²) < 4.78 is 0. The van der Waals surface area contributed by atoms with Crippen LogP contribution in [0.2, 0.25) is 0 Å². The molecule has 0 aromatic carbocycles. The van der Waals surface area contributed by atoms with E-state index in [1.807, 2.05) is 0 Å². The number of carboxylic acid groups (broad SMARTS) is 1. The molecule has 0 bridgehead atoms. The summed E-state index contributed by atoms with van der Waals surface area (Å²) in [6, 6.07) is -0.342. The number of carbonyl (C=O) groups excluding carboxylic acids is 1. The Hall–Kier alpha value is -2.05. The average Bonchev–Trinajstić information content (AvgIpc) is 2.89. The van der Waals surface area contributed by atoms with E-state index in [1.54, 1.807) is 19.3 Å². The number of urea groups is 1. The monoisotopic (exact) mass is 266 g/mol. The zero-order valence-corrected chi connectivity index (χ0v) is 10.8. The summed E-state index contributed by atoms with van der Waals surface area (Å²) in [4.78, 5) is 24.9. The summed E-state index contributed by atoms with van der Waals surface area (Å²) in [6.07, 6.45) is 5.46. The minimum Gasteiger partial charge on any atom is -0.480 e. The molecule has 1 aromatic heterocycles. The van der Waals surface area contributed by atoms with Crippen LogP contribution < -0.4 is 5.32 Å². The van der Waals surface area contributed by atoms with Crippen LogP contribution >= 0.6 is 0 Å². The molecule has 1 atom stereocenters. The number of carboxylic acids is 1. The number of hydrogen-bond acceptors (Lipinski definition) is 3. The Labute approximate surface area is 111 Å². The highest BCUT2D eigenvalue weighted by atomic mass is 16.4. The number of H-pyrrole nitrogens is 1. The maximum atomic E-state index is 12.1. The average molecular weight is 266 g/mol. The fraction of sp³-hybridized carbons (Fsp3) is 0.583. The number of nitrogens with one attached hydrogen (secondary N) is 2. The highest BCUT2D eigenvalue weighted by molar-refractivity contribution is 5.86. The third kappa shape index (κ3) is 2.69. The summed E-state index contributed by atoms with van der Waals surface area (Å²) in [5.74, 6) is -0.953. The van der Waals surface area contributed by atoms with E-state index in [2.05, 4.69) is 15.5 Å². The highest BCUT2D eigenvalue weighted by Gasteiger charge is 2.43. The van der Waals surface area contributed by atoms with Crippen LogP contribution in [-0.2, 0) is 11.3 Å². The van der Waals surface area contributed by atoms with Crippen LogP contribution in [0.25, 0.3) is 0 Å². The Morgan fingerprint density at radius 2 is 2.37 bits per heavy atom. The lowest BCUT2D eigenvalue weighted by molar-refractivity contribution is -0.150. The van der Waals surface area contributed by atoms with Crippen molar-refractivity contribution in [1.29, 1.82) is 0 Å². The zero-order chi connectivity index (χ0) is 13.9. The van der Waals surface area contributed by atoms with Gasteiger partial charge in [0.1, 0.15) is 5.54 Å². The van der Waals surface area contributed by atoms with Crippen molar-refractivity contribution >= 4 is 12.0 Å². The van der Waals surface area contributed by atoms with E-state index in [0.29, 0.717) is 19.5 Å². The molecule has 7 nitrogen and oxygen atoms in total. The number of rotatable bonds is 3. The molecular formula is C12H18N4O3. The van der Waals surface area contributed by atoms with Gasteiger partial charge < -0.3 is 15.3 Å². The lowest BCUT2D eigenvalue weighted by Crippen LogP contribution is -2.59. The summed E-state index contributed by atoms with van der Waals surface area (Å²) in [6.45, 7) is 2.41. The first kappa shape index (κ1) is 13.4. The van der Waals surface area contributed by atoms with Gasteiger partial charge >= 0.3 is 12.0 Å². The predicted octanol–water partition coefficient (Wildman–Crippen LogP) is 0.948. The number of nitrogens with zero attached hydrogens (tertiary/aromatic N) is 2. The van der Waals surface area contributed by atoms with Gasteiger partial charge in [-0.05, 0) is 26.2 Å². The Morgan fingerprint density at radius 3 is 3.00 bits per heavy atom. The topological polar surface area (TPSA) is 98.3 Å². The molecule has 19 heavy (non-hydrogen) atoms. The van der Waals surface area contributed by atoms with Gasteiger partial charge in [-0.3, -0.25) is 5.10 Å². The van der Waals surface area contributed by atoms with Crippen LogP contribution in [0.3, 0.4) is 0 Å². The lowest BCUT2D eigenvalue weighted by atomic mass is 9.89. The van der Waals surface area contributed by atoms with Crippen molar-refractivity contribution in [2.24, 2.45) is 0 Å². The molecule has 2 amide bonds. The molecule has 1 saturated heterocycles. The van der Waals surface area contributed by atoms with Gasteiger partial charge in [0, 0.05) is 24.8 Å². The standard InChI is InChI=1S/C12H18N4O3/c1-12(10(17)18)4-2-3-5-16(12)11(19)13-6-9-7-14-15-8-9/h7-8H,2-6H2,1H3,(H,13,19)(H,14,15)(H,17,18). The molecule has 7 heteroatoms. The van der Waals surface area contributed by atoms with Crippen molar-refractivity contribution in [1.82, 2.24) is 20.4 Å². The number of piperidine rings is 1. The van der Waals surface area contributed by atoms with Crippen molar-refractivity contribution in [2.75, 3.05) is 6.54 Å². The Balaban J connectivity index is 2.01. The molecule has 3 N–H and O–H groups in total.